The van der Waals surface area contributed by atoms with Crippen LogP contribution in [0.5, 0.6) is 0 Å². The molecule has 140 valence electrons. The average molecular weight is 392 g/mol. The van der Waals surface area contributed by atoms with Gasteiger partial charge in [-0.1, -0.05) is 23.7 Å². The zero-order chi connectivity index (χ0) is 19.7. The summed E-state index contributed by atoms with van der Waals surface area (Å²) in [6.45, 7) is 3.85. The van der Waals surface area contributed by atoms with Crippen LogP contribution in [0.15, 0.2) is 61.1 Å². The Morgan fingerprint density at radius 3 is 2.68 bits per heavy atom. The summed E-state index contributed by atoms with van der Waals surface area (Å²) in [7, 11) is 0. The summed E-state index contributed by atoms with van der Waals surface area (Å²) < 4.78 is 1.67. The lowest BCUT2D eigenvalue weighted by atomic mass is 10.1. The van der Waals surface area contributed by atoms with Gasteiger partial charge in [0.25, 0.3) is 5.91 Å². The second-order valence-electron chi connectivity index (χ2n) is 6.56. The van der Waals surface area contributed by atoms with E-state index >= 15 is 0 Å². The van der Waals surface area contributed by atoms with Crippen molar-refractivity contribution in [2.45, 2.75) is 19.9 Å². The number of hydrogen-bond donors (Lipinski definition) is 1. The molecule has 0 fully saturated rings. The van der Waals surface area contributed by atoms with Crippen molar-refractivity contribution in [2.24, 2.45) is 0 Å². The minimum atomic E-state index is -0.229. The third-order valence-corrected chi connectivity index (χ3v) is 4.82. The smallest absolute Gasteiger partial charge is 0.257 e. The molecule has 1 unspecified atom stereocenters. The standard InChI is InChI=1S/C21H18ClN5O/c1-13-10-19(16-4-3-9-23-11-16)26-20-18(12-24-27(13)20)21(28)25-14(2)15-5-7-17(22)8-6-15/h3-12,14H,1-2H3,(H,25,28). The van der Waals surface area contributed by atoms with Gasteiger partial charge in [-0.2, -0.15) is 5.10 Å². The van der Waals surface area contributed by atoms with E-state index in [4.69, 9.17) is 11.6 Å². The van der Waals surface area contributed by atoms with Gasteiger partial charge in [0.2, 0.25) is 0 Å². The molecule has 1 amide bonds. The summed E-state index contributed by atoms with van der Waals surface area (Å²) in [5.74, 6) is -0.229. The van der Waals surface area contributed by atoms with E-state index in [2.05, 4.69) is 20.4 Å². The number of halogens is 1. The van der Waals surface area contributed by atoms with Crippen LogP contribution in [-0.4, -0.2) is 25.5 Å². The maximum atomic E-state index is 12.9. The number of aryl methyl sites for hydroxylation is 1. The average Bonchev–Trinajstić information content (AvgIpc) is 3.14. The van der Waals surface area contributed by atoms with Gasteiger partial charge in [-0.3, -0.25) is 9.78 Å². The Kier molecular flexibility index (Phi) is 4.79. The highest BCUT2D eigenvalue weighted by molar-refractivity contribution is 6.30. The lowest BCUT2D eigenvalue weighted by Gasteiger charge is -2.14. The first kappa shape index (κ1) is 18.1. The molecule has 0 saturated heterocycles. The molecule has 0 bridgehead atoms. The zero-order valence-electron chi connectivity index (χ0n) is 15.4. The lowest BCUT2D eigenvalue weighted by molar-refractivity contribution is 0.0941. The normalized spacial score (nSPS) is 12.1. The maximum Gasteiger partial charge on any atom is 0.257 e. The van der Waals surface area contributed by atoms with Crippen molar-refractivity contribution in [3.8, 4) is 11.3 Å². The van der Waals surface area contributed by atoms with Gasteiger partial charge in [-0.05, 0) is 49.7 Å². The van der Waals surface area contributed by atoms with E-state index in [1.54, 1.807) is 35.2 Å². The van der Waals surface area contributed by atoms with Crippen molar-refractivity contribution in [2.75, 3.05) is 0 Å². The van der Waals surface area contributed by atoms with Crippen molar-refractivity contribution >= 4 is 23.2 Å². The van der Waals surface area contributed by atoms with E-state index in [1.807, 2.05) is 44.2 Å². The number of nitrogens with zero attached hydrogens (tertiary/aromatic N) is 4. The van der Waals surface area contributed by atoms with Gasteiger partial charge in [-0.25, -0.2) is 9.50 Å². The maximum absolute atomic E-state index is 12.9. The monoisotopic (exact) mass is 391 g/mol. The molecule has 1 N–H and O–H groups in total. The summed E-state index contributed by atoms with van der Waals surface area (Å²) in [6, 6.07) is 12.9. The van der Waals surface area contributed by atoms with E-state index in [0.717, 1.165) is 22.5 Å². The van der Waals surface area contributed by atoms with Gasteiger partial charge in [0.1, 0.15) is 5.56 Å². The second-order valence-corrected chi connectivity index (χ2v) is 7.00. The quantitative estimate of drug-likeness (QED) is 0.564. The fourth-order valence-corrected chi connectivity index (χ4v) is 3.17. The van der Waals surface area contributed by atoms with Crippen LogP contribution in [-0.2, 0) is 0 Å². The Morgan fingerprint density at radius 2 is 1.96 bits per heavy atom. The first-order chi connectivity index (χ1) is 13.5. The van der Waals surface area contributed by atoms with Crippen LogP contribution in [0.4, 0.5) is 0 Å². The fourth-order valence-electron chi connectivity index (χ4n) is 3.04. The Bertz CT molecular complexity index is 1140. The number of aromatic nitrogens is 4. The third-order valence-electron chi connectivity index (χ3n) is 4.57. The highest BCUT2D eigenvalue weighted by Gasteiger charge is 2.18. The van der Waals surface area contributed by atoms with Crippen molar-refractivity contribution in [1.82, 2.24) is 24.9 Å². The Balaban J connectivity index is 1.67. The number of rotatable bonds is 4. The van der Waals surface area contributed by atoms with Crippen LogP contribution in [0.3, 0.4) is 0 Å². The van der Waals surface area contributed by atoms with Crippen LogP contribution in [0, 0.1) is 6.92 Å². The van der Waals surface area contributed by atoms with E-state index in [0.29, 0.717) is 16.2 Å². The van der Waals surface area contributed by atoms with Gasteiger partial charge in [0, 0.05) is 28.7 Å². The molecule has 0 radical (unpaired) electrons. The molecule has 4 aromatic rings. The number of benzene rings is 1. The predicted molar refractivity (Wildman–Crippen MR) is 108 cm³/mol. The lowest BCUT2D eigenvalue weighted by Crippen LogP contribution is -2.26. The molecule has 28 heavy (non-hydrogen) atoms. The molecule has 3 heterocycles. The molecule has 1 aromatic carbocycles. The summed E-state index contributed by atoms with van der Waals surface area (Å²) >= 11 is 5.94. The van der Waals surface area contributed by atoms with Gasteiger partial charge in [0.05, 0.1) is 17.9 Å². The molecule has 6 nitrogen and oxygen atoms in total. The minimum Gasteiger partial charge on any atom is -0.345 e. The SMILES string of the molecule is Cc1cc(-c2cccnc2)nc2c(C(=O)NC(C)c3ccc(Cl)cc3)cnn12. The number of pyridine rings is 1. The third kappa shape index (κ3) is 3.46. The summed E-state index contributed by atoms with van der Waals surface area (Å²) in [4.78, 5) is 21.7. The van der Waals surface area contributed by atoms with Gasteiger partial charge >= 0.3 is 0 Å². The molecule has 0 aliphatic carbocycles. The molecule has 1 atom stereocenters. The van der Waals surface area contributed by atoms with Crippen LogP contribution in [0.1, 0.15) is 34.6 Å². The highest BCUT2D eigenvalue weighted by atomic mass is 35.5. The van der Waals surface area contributed by atoms with Gasteiger partial charge in [0.15, 0.2) is 5.65 Å². The molecule has 0 saturated carbocycles. The molecule has 0 spiro atoms. The predicted octanol–water partition coefficient (Wildman–Crippen LogP) is 4.24. The zero-order valence-corrected chi connectivity index (χ0v) is 16.2. The highest BCUT2D eigenvalue weighted by Crippen LogP contribution is 2.21. The van der Waals surface area contributed by atoms with Crippen molar-refractivity contribution in [3.05, 3.63) is 82.9 Å². The summed E-state index contributed by atoms with van der Waals surface area (Å²) in [5, 5.41) is 7.99. The Hall–Kier alpha value is -3.25. The first-order valence-corrected chi connectivity index (χ1v) is 9.23. The Labute approximate surface area is 167 Å². The van der Waals surface area contributed by atoms with Crippen molar-refractivity contribution < 1.29 is 4.79 Å². The molecule has 0 aliphatic heterocycles. The number of carbonyl (C=O) groups is 1. The summed E-state index contributed by atoms with van der Waals surface area (Å²) in [6.07, 6.45) is 5.01. The van der Waals surface area contributed by atoms with Crippen LogP contribution >= 0.6 is 11.6 Å². The van der Waals surface area contributed by atoms with Crippen LogP contribution < -0.4 is 5.32 Å². The van der Waals surface area contributed by atoms with E-state index in [-0.39, 0.29) is 11.9 Å². The van der Waals surface area contributed by atoms with Gasteiger partial charge in [-0.15, -0.1) is 0 Å². The second kappa shape index (κ2) is 7.40. The number of carbonyl (C=O) groups excluding carboxylic acids is 1. The molecule has 4 rings (SSSR count). The molecule has 7 heteroatoms. The fraction of sp³-hybridized carbons (Fsp3) is 0.143. The molecular weight excluding hydrogens is 374 g/mol. The molecular formula is C21H18ClN5O. The van der Waals surface area contributed by atoms with E-state index in [9.17, 15) is 4.79 Å². The number of fused-ring (bicyclic) bond motifs is 1. The van der Waals surface area contributed by atoms with Crippen molar-refractivity contribution in [3.63, 3.8) is 0 Å². The van der Waals surface area contributed by atoms with Gasteiger partial charge < -0.3 is 5.32 Å². The number of amides is 1. The van der Waals surface area contributed by atoms with Crippen molar-refractivity contribution in [1.29, 1.82) is 0 Å². The van der Waals surface area contributed by atoms with Crippen LogP contribution in [0.25, 0.3) is 16.9 Å². The number of hydrogen-bond acceptors (Lipinski definition) is 4. The first-order valence-electron chi connectivity index (χ1n) is 8.85. The topological polar surface area (TPSA) is 72.2 Å². The summed E-state index contributed by atoms with van der Waals surface area (Å²) in [5.41, 5.74) is 4.42. The van der Waals surface area contributed by atoms with E-state index in [1.165, 1.54) is 0 Å². The minimum absolute atomic E-state index is 0.178. The largest absolute Gasteiger partial charge is 0.345 e. The van der Waals surface area contributed by atoms with Crippen LogP contribution in [0.2, 0.25) is 5.02 Å². The molecule has 3 aromatic heterocycles. The Morgan fingerprint density at radius 1 is 1.18 bits per heavy atom. The number of nitrogens with one attached hydrogen (secondary N) is 1. The van der Waals surface area contributed by atoms with E-state index < -0.39 is 0 Å². The molecule has 0 aliphatic rings.